The molecule has 1 saturated heterocycles. The van der Waals surface area contributed by atoms with Crippen LogP contribution >= 0.6 is 23.4 Å². The molecule has 1 aliphatic rings. The second-order valence-electron chi connectivity index (χ2n) is 6.59. The number of carbonyl (C=O) groups excluding carboxylic acids is 3. The molecular formula is C21H22ClN3O4S. The molecule has 7 nitrogen and oxygen atoms in total. The molecule has 2 N–H and O–H groups in total. The van der Waals surface area contributed by atoms with Crippen molar-refractivity contribution in [1.29, 1.82) is 0 Å². The van der Waals surface area contributed by atoms with Crippen LogP contribution in [0.25, 0.3) is 0 Å². The number of cyclic esters (lactones) is 1. The third kappa shape index (κ3) is 5.46. The number of benzene rings is 2. The highest BCUT2D eigenvalue weighted by atomic mass is 35.5. The summed E-state index contributed by atoms with van der Waals surface area (Å²) in [5.74, 6) is -0.0541. The number of nitrogens with one attached hydrogen (secondary N) is 2. The standard InChI is InChI=1S/C21H22ClN3O4S/c1-30-12-9-18(24-19(26)16-7-2-3-8-17(16)22)20(27)23-14-5-4-6-15(13-14)25-10-11-29-21(25)28/h2-8,13,18H,9-12H2,1H3,(H,23,27)(H,24,26). The van der Waals surface area contributed by atoms with Gasteiger partial charge in [-0.15, -0.1) is 0 Å². The first-order valence-electron chi connectivity index (χ1n) is 9.39. The van der Waals surface area contributed by atoms with Gasteiger partial charge in [-0.3, -0.25) is 14.5 Å². The Morgan fingerprint density at radius 2 is 2.03 bits per heavy atom. The number of halogens is 1. The van der Waals surface area contributed by atoms with Crippen molar-refractivity contribution in [2.75, 3.05) is 35.4 Å². The number of thioether (sulfide) groups is 1. The number of nitrogens with zero attached hydrogens (tertiary/aromatic N) is 1. The van der Waals surface area contributed by atoms with Gasteiger partial charge in [0.05, 0.1) is 17.1 Å². The predicted octanol–water partition coefficient (Wildman–Crippen LogP) is 3.79. The SMILES string of the molecule is CSCCC(NC(=O)c1ccccc1Cl)C(=O)Nc1cccc(N2CCOC2=O)c1. The van der Waals surface area contributed by atoms with Gasteiger partial charge >= 0.3 is 6.09 Å². The Hall–Kier alpha value is -2.71. The zero-order valence-corrected chi connectivity index (χ0v) is 18.0. The van der Waals surface area contributed by atoms with Crippen LogP contribution in [0.3, 0.4) is 0 Å². The van der Waals surface area contributed by atoms with Gasteiger partial charge in [0, 0.05) is 11.4 Å². The molecule has 158 valence electrons. The summed E-state index contributed by atoms with van der Waals surface area (Å²) in [6.45, 7) is 0.792. The quantitative estimate of drug-likeness (QED) is 0.642. The highest BCUT2D eigenvalue weighted by molar-refractivity contribution is 7.98. The molecule has 1 aliphatic heterocycles. The summed E-state index contributed by atoms with van der Waals surface area (Å²) in [7, 11) is 0. The largest absolute Gasteiger partial charge is 0.447 e. The summed E-state index contributed by atoms with van der Waals surface area (Å²) < 4.78 is 4.96. The minimum absolute atomic E-state index is 0.315. The summed E-state index contributed by atoms with van der Waals surface area (Å²) in [5.41, 5.74) is 1.48. The molecule has 2 aromatic carbocycles. The number of rotatable bonds is 8. The highest BCUT2D eigenvalue weighted by Gasteiger charge is 2.25. The van der Waals surface area contributed by atoms with Crippen LogP contribution in [-0.4, -0.2) is 49.1 Å². The van der Waals surface area contributed by atoms with E-state index in [0.29, 0.717) is 47.3 Å². The first-order valence-corrected chi connectivity index (χ1v) is 11.2. The first kappa shape index (κ1) is 22.0. The molecule has 0 radical (unpaired) electrons. The number of ether oxygens (including phenoxy) is 1. The maximum atomic E-state index is 12.9. The molecule has 0 aromatic heterocycles. The van der Waals surface area contributed by atoms with E-state index in [2.05, 4.69) is 10.6 Å². The van der Waals surface area contributed by atoms with Crippen molar-refractivity contribution in [2.45, 2.75) is 12.5 Å². The van der Waals surface area contributed by atoms with E-state index in [9.17, 15) is 14.4 Å². The number of hydrogen-bond donors (Lipinski definition) is 2. The fraction of sp³-hybridized carbons (Fsp3) is 0.286. The third-order valence-electron chi connectivity index (χ3n) is 4.54. The second kappa shape index (κ2) is 10.4. The van der Waals surface area contributed by atoms with Crippen LogP contribution in [0.5, 0.6) is 0 Å². The molecule has 0 saturated carbocycles. The maximum Gasteiger partial charge on any atom is 0.414 e. The Kier molecular flexibility index (Phi) is 7.59. The van der Waals surface area contributed by atoms with E-state index in [1.807, 2.05) is 6.26 Å². The number of carbonyl (C=O) groups is 3. The van der Waals surface area contributed by atoms with E-state index in [4.69, 9.17) is 16.3 Å². The van der Waals surface area contributed by atoms with Gasteiger partial charge in [0.15, 0.2) is 0 Å². The normalized spacial score (nSPS) is 14.2. The fourth-order valence-corrected chi connectivity index (χ4v) is 3.69. The zero-order valence-electron chi connectivity index (χ0n) is 16.4. The zero-order chi connectivity index (χ0) is 21.5. The fourth-order valence-electron chi connectivity index (χ4n) is 2.99. The van der Waals surface area contributed by atoms with E-state index in [-0.39, 0.29) is 5.91 Å². The van der Waals surface area contributed by atoms with E-state index in [1.165, 1.54) is 4.90 Å². The topological polar surface area (TPSA) is 87.7 Å². The van der Waals surface area contributed by atoms with Crippen LogP contribution in [0.1, 0.15) is 16.8 Å². The predicted molar refractivity (Wildman–Crippen MR) is 119 cm³/mol. The van der Waals surface area contributed by atoms with Crippen molar-refractivity contribution in [3.63, 3.8) is 0 Å². The summed E-state index contributed by atoms with van der Waals surface area (Å²) in [5, 5.41) is 5.92. The van der Waals surface area contributed by atoms with Gasteiger partial charge in [-0.2, -0.15) is 11.8 Å². The molecule has 30 heavy (non-hydrogen) atoms. The Balaban J connectivity index is 1.71. The van der Waals surface area contributed by atoms with Crippen molar-refractivity contribution in [3.05, 3.63) is 59.1 Å². The Bertz CT molecular complexity index is 940. The molecule has 9 heteroatoms. The molecule has 1 heterocycles. The summed E-state index contributed by atoms with van der Waals surface area (Å²) in [4.78, 5) is 38.8. The third-order valence-corrected chi connectivity index (χ3v) is 5.51. The number of anilines is 2. The summed E-state index contributed by atoms with van der Waals surface area (Å²) in [6.07, 6.45) is 1.98. The molecule has 1 fully saturated rings. The van der Waals surface area contributed by atoms with Crippen LogP contribution < -0.4 is 15.5 Å². The van der Waals surface area contributed by atoms with Crippen molar-refractivity contribution in [1.82, 2.24) is 5.32 Å². The van der Waals surface area contributed by atoms with E-state index in [0.717, 1.165) is 0 Å². The number of hydrogen-bond acceptors (Lipinski definition) is 5. The molecule has 3 rings (SSSR count). The maximum absolute atomic E-state index is 12.9. The van der Waals surface area contributed by atoms with Crippen molar-refractivity contribution in [2.24, 2.45) is 0 Å². The Labute approximate surface area is 184 Å². The average molecular weight is 448 g/mol. The van der Waals surface area contributed by atoms with Gasteiger partial charge in [-0.25, -0.2) is 4.79 Å². The van der Waals surface area contributed by atoms with Gasteiger partial charge in [-0.1, -0.05) is 29.8 Å². The molecule has 2 aromatic rings. The lowest BCUT2D eigenvalue weighted by Crippen LogP contribution is -2.44. The minimum atomic E-state index is -0.735. The monoisotopic (exact) mass is 447 g/mol. The molecule has 0 bridgehead atoms. The molecule has 1 unspecified atom stereocenters. The summed E-state index contributed by atoms with van der Waals surface area (Å²) >= 11 is 7.68. The van der Waals surface area contributed by atoms with Crippen molar-refractivity contribution in [3.8, 4) is 0 Å². The van der Waals surface area contributed by atoms with Gasteiger partial charge in [0.25, 0.3) is 5.91 Å². The van der Waals surface area contributed by atoms with Gasteiger partial charge in [0.1, 0.15) is 12.6 Å². The lowest BCUT2D eigenvalue weighted by molar-refractivity contribution is -0.118. The van der Waals surface area contributed by atoms with E-state index in [1.54, 1.807) is 60.3 Å². The molecule has 3 amide bonds. The number of amides is 3. The van der Waals surface area contributed by atoms with Gasteiger partial charge in [-0.05, 0) is 48.8 Å². The van der Waals surface area contributed by atoms with Crippen LogP contribution in [0.2, 0.25) is 5.02 Å². The van der Waals surface area contributed by atoms with E-state index < -0.39 is 18.0 Å². The molecule has 0 aliphatic carbocycles. The second-order valence-corrected chi connectivity index (χ2v) is 7.99. The van der Waals surface area contributed by atoms with Crippen LogP contribution in [0.4, 0.5) is 16.2 Å². The minimum Gasteiger partial charge on any atom is -0.447 e. The molecule has 1 atom stereocenters. The highest BCUT2D eigenvalue weighted by Crippen LogP contribution is 2.23. The first-order chi connectivity index (χ1) is 14.5. The van der Waals surface area contributed by atoms with Crippen LogP contribution in [-0.2, 0) is 9.53 Å². The van der Waals surface area contributed by atoms with Crippen LogP contribution in [0, 0.1) is 0 Å². The van der Waals surface area contributed by atoms with Crippen molar-refractivity contribution >= 4 is 52.6 Å². The smallest absolute Gasteiger partial charge is 0.414 e. The molecule has 0 spiro atoms. The van der Waals surface area contributed by atoms with Crippen LogP contribution in [0.15, 0.2) is 48.5 Å². The Morgan fingerprint density at radius 1 is 1.23 bits per heavy atom. The lowest BCUT2D eigenvalue weighted by atomic mass is 10.1. The lowest BCUT2D eigenvalue weighted by Gasteiger charge is -2.19. The summed E-state index contributed by atoms with van der Waals surface area (Å²) in [6, 6.07) is 12.9. The Morgan fingerprint density at radius 3 is 2.73 bits per heavy atom. The van der Waals surface area contributed by atoms with E-state index >= 15 is 0 Å². The average Bonchev–Trinajstić information content (AvgIpc) is 3.17. The van der Waals surface area contributed by atoms with Gasteiger partial charge in [0.2, 0.25) is 5.91 Å². The van der Waals surface area contributed by atoms with Crippen molar-refractivity contribution < 1.29 is 19.1 Å². The van der Waals surface area contributed by atoms with Gasteiger partial charge < -0.3 is 15.4 Å². The molecular weight excluding hydrogens is 426 g/mol.